The molecule has 0 bridgehead atoms. The molecule has 6 heteroatoms. The molecule has 0 spiro atoms. The van der Waals surface area contributed by atoms with Crippen LogP contribution in [0.15, 0.2) is 39.2 Å². The molecule has 2 rings (SSSR count). The molecule has 100 valence electrons. The highest BCUT2D eigenvalue weighted by Gasteiger charge is 2.19. The van der Waals surface area contributed by atoms with Gasteiger partial charge in [0.2, 0.25) is 5.76 Å². The minimum absolute atomic E-state index is 0.110. The number of benzene rings is 1. The summed E-state index contributed by atoms with van der Waals surface area (Å²) in [5, 5.41) is 0.534. The molecule has 0 saturated carbocycles. The maximum atomic E-state index is 11.3. The Bertz CT molecular complexity index is 612. The van der Waals surface area contributed by atoms with Gasteiger partial charge in [0.15, 0.2) is 0 Å². The largest absolute Gasteiger partial charge is 0.463 e. The van der Waals surface area contributed by atoms with Gasteiger partial charge in [0.05, 0.1) is 13.2 Å². The zero-order chi connectivity index (χ0) is 14.0. The Labute approximate surface area is 123 Å². The SMILES string of the molecule is COC(=O)c1ccc(C(N)c2cc(Br)ccc2Cl)o1. The summed E-state index contributed by atoms with van der Waals surface area (Å²) in [6, 6.07) is 7.98. The lowest BCUT2D eigenvalue weighted by Crippen LogP contribution is -2.11. The molecule has 1 unspecified atom stereocenters. The van der Waals surface area contributed by atoms with Crippen LogP contribution in [0.1, 0.15) is 27.9 Å². The summed E-state index contributed by atoms with van der Waals surface area (Å²) in [6.45, 7) is 0. The third-order valence-electron chi connectivity index (χ3n) is 2.61. The molecule has 2 N–H and O–H groups in total. The van der Waals surface area contributed by atoms with Crippen LogP contribution in [0.4, 0.5) is 0 Å². The van der Waals surface area contributed by atoms with Crippen molar-refractivity contribution in [3.05, 3.63) is 56.9 Å². The summed E-state index contributed by atoms with van der Waals surface area (Å²) in [4.78, 5) is 11.3. The van der Waals surface area contributed by atoms with Crippen molar-refractivity contribution in [3.63, 3.8) is 0 Å². The quantitative estimate of drug-likeness (QED) is 0.865. The lowest BCUT2D eigenvalue weighted by atomic mass is 10.1. The van der Waals surface area contributed by atoms with E-state index in [1.807, 2.05) is 12.1 Å². The number of ether oxygens (including phenoxy) is 1. The van der Waals surface area contributed by atoms with Gasteiger partial charge in [0.1, 0.15) is 5.76 Å². The van der Waals surface area contributed by atoms with Crippen molar-refractivity contribution < 1.29 is 13.9 Å². The Kier molecular flexibility index (Phi) is 4.29. The number of hydrogen-bond acceptors (Lipinski definition) is 4. The molecule has 1 aromatic carbocycles. The van der Waals surface area contributed by atoms with Crippen molar-refractivity contribution in [2.45, 2.75) is 6.04 Å². The van der Waals surface area contributed by atoms with Crippen molar-refractivity contribution in [2.75, 3.05) is 7.11 Å². The lowest BCUT2D eigenvalue weighted by Gasteiger charge is -2.11. The fourth-order valence-electron chi connectivity index (χ4n) is 1.64. The molecule has 1 aromatic heterocycles. The Morgan fingerprint density at radius 3 is 2.84 bits per heavy atom. The first kappa shape index (κ1) is 14.1. The highest BCUT2D eigenvalue weighted by molar-refractivity contribution is 9.10. The lowest BCUT2D eigenvalue weighted by molar-refractivity contribution is 0.0562. The van der Waals surface area contributed by atoms with E-state index in [1.165, 1.54) is 13.2 Å². The minimum Gasteiger partial charge on any atom is -0.463 e. The molecule has 1 heterocycles. The maximum absolute atomic E-state index is 11.3. The molecular formula is C13H11BrClNO3. The van der Waals surface area contributed by atoms with Crippen LogP contribution in [0.5, 0.6) is 0 Å². The topological polar surface area (TPSA) is 65.5 Å². The molecule has 2 aromatic rings. The second-order valence-electron chi connectivity index (χ2n) is 3.84. The van der Waals surface area contributed by atoms with Crippen LogP contribution in [0.25, 0.3) is 0 Å². The van der Waals surface area contributed by atoms with Gasteiger partial charge in [-0.15, -0.1) is 0 Å². The first-order chi connectivity index (χ1) is 9.02. The summed E-state index contributed by atoms with van der Waals surface area (Å²) in [5.74, 6) is 0.0123. The van der Waals surface area contributed by atoms with Gasteiger partial charge in [-0.25, -0.2) is 4.79 Å². The monoisotopic (exact) mass is 343 g/mol. The summed E-state index contributed by atoms with van der Waals surface area (Å²) < 4.78 is 10.8. The molecule has 19 heavy (non-hydrogen) atoms. The van der Waals surface area contributed by atoms with Crippen LogP contribution in [-0.4, -0.2) is 13.1 Å². The van der Waals surface area contributed by atoms with Gasteiger partial charge >= 0.3 is 5.97 Å². The number of hydrogen-bond donors (Lipinski definition) is 1. The van der Waals surface area contributed by atoms with E-state index in [2.05, 4.69) is 20.7 Å². The van der Waals surface area contributed by atoms with Crippen LogP contribution >= 0.6 is 27.5 Å². The van der Waals surface area contributed by atoms with Crippen molar-refractivity contribution >= 4 is 33.5 Å². The Balaban J connectivity index is 2.33. The van der Waals surface area contributed by atoms with Gasteiger partial charge in [-0.2, -0.15) is 0 Å². The van der Waals surface area contributed by atoms with Crippen molar-refractivity contribution in [2.24, 2.45) is 5.73 Å². The second kappa shape index (κ2) is 5.77. The van der Waals surface area contributed by atoms with Crippen molar-refractivity contribution in [3.8, 4) is 0 Å². The standard InChI is InChI=1S/C13H11BrClNO3/c1-18-13(17)11-5-4-10(19-11)12(16)8-6-7(14)2-3-9(8)15/h2-6,12H,16H2,1H3. The molecule has 0 aliphatic rings. The van der Waals surface area contributed by atoms with Gasteiger partial charge in [0, 0.05) is 9.50 Å². The number of rotatable bonds is 3. The number of furan rings is 1. The van der Waals surface area contributed by atoms with Crippen LogP contribution in [0, 0.1) is 0 Å². The van der Waals surface area contributed by atoms with Crippen molar-refractivity contribution in [1.82, 2.24) is 0 Å². The third kappa shape index (κ3) is 3.00. The van der Waals surface area contributed by atoms with Crippen LogP contribution in [0.3, 0.4) is 0 Å². The zero-order valence-electron chi connectivity index (χ0n) is 10.0. The molecular weight excluding hydrogens is 334 g/mol. The van der Waals surface area contributed by atoms with E-state index in [0.29, 0.717) is 16.3 Å². The van der Waals surface area contributed by atoms with E-state index in [1.54, 1.807) is 12.1 Å². The smallest absolute Gasteiger partial charge is 0.373 e. The highest BCUT2D eigenvalue weighted by atomic mass is 79.9. The van der Waals surface area contributed by atoms with Crippen LogP contribution in [-0.2, 0) is 4.74 Å². The summed E-state index contributed by atoms with van der Waals surface area (Å²) in [5.41, 5.74) is 6.80. The molecule has 0 aliphatic carbocycles. The molecule has 0 amide bonds. The number of halogens is 2. The molecule has 0 fully saturated rings. The number of esters is 1. The number of carbonyl (C=O) groups is 1. The average molecular weight is 345 g/mol. The normalized spacial score (nSPS) is 12.2. The van der Waals surface area contributed by atoms with E-state index in [4.69, 9.17) is 21.8 Å². The van der Waals surface area contributed by atoms with E-state index >= 15 is 0 Å². The van der Waals surface area contributed by atoms with Gasteiger partial charge in [-0.1, -0.05) is 27.5 Å². The van der Waals surface area contributed by atoms with Gasteiger partial charge in [-0.3, -0.25) is 0 Å². The molecule has 0 aliphatic heterocycles. The Morgan fingerprint density at radius 1 is 1.42 bits per heavy atom. The van der Waals surface area contributed by atoms with Gasteiger partial charge in [0.25, 0.3) is 0 Å². The average Bonchev–Trinajstić information content (AvgIpc) is 2.89. The Hall–Kier alpha value is -1.30. The second-order valence-corrected chi connectivity index (χ2v) is 5.16. The molecule has 0 radical (unpaired) electrons. The van der Waals surface area contributed by atoms with Crippen LogP contribution < -0.4 is 5.73 Å². The number of carbonyl (C=O) groups excluding carboxylic acids is 1. The zero-order valence-corrected chi connectivity index (χ0v) is 12.4. The highest BCUT2D eigenvalue weighted by Crippen LogP contribution is 2.30. The number of methoxy groups -OCH3 is 1. The number of nitrogens with two attached hydrogens (primary N) is 1. The fourth-order valence-corrected chi connectivity index (χ4v) is 2.25. The van der Waals surface area contributed by atoms with Gasteiger partial charge < -0.3 is 14.9 Å². The summed E-state index contributed by atoms with van der Waals surface area (Å²) >= 11 is 9.46. The molecule has 0 saturated heterocycles. The molecule has 4 nitrogen and oxygen atoms in total. The summed E-state index contributed by atoms with van der Waals surface area (Å²) in [7, 11) is 1.29. The predicted molar refractivity (Wildman–Crippen MR) is 75.2 cm³/mol. The van der Waals surface area contributed by atoms with E-state index in [0.717, 1.165) is 4.47 Å². The van der Waals surface area contributed by atoms with Crippen LogP contribution in [0.2, 0.25) is 5.02 Å². The van der Waals surface area contributed by atoms with E-state index in [9.17, 15) is 4.79 Å². The Morgan fingerprint density at radius 2 is 2.16 bits per heavy atom. The predicted octanol–water partition coefficient (Wildman–Crippen LogP) is 3.53. The maximum Gasteiger partial charge on any atom is 0.373 e. The van der Waals surface area contributed by atoms with Crippen molar-refractivity contribution in [1.29, 1.82) is 0 Å². The fraction of sp³-hybridized carbons (Fsp3) is 0.154. The third-order valence-corrected chi connectivity index (χ3v) is 3.45. The minimum atomic E-state index is -0.552. The molecule has 1 atom stereocenters. The first-order valence-corrected chi connectivity index (χ1v) is 6.58. The van der Waals surface area contributed by atoms with E-state index < -0.39 is 12.0 Å². The first-order valence-electron chi connectivity index (χ1n) is 5.41. The van der Waals surface area contributed by atoms with E-state index in [-0.39, 0.29) is 5.76 Å². The summed E-state index contributed by atoms with van der Waals surface area (Å²) in [6.07, 6.45) is 0. The van der Waals surface area contributed by atoms with Gasteiger partial charge in [-0.05, 0) is 35.9 Å².